The van der Waals surface area contributed by atoms with Crippen molar-refractivity contribution in [1.29, 1.82) is 0 Å². The Labute approximate surface area is 182 Å². The summed E-state index contributed by atoms with van der Waals surface area (Å²) in [5.74, 6) is -5.41. The van der Waals surface area contributed by atoms with Gasteiger partial charge in [-0.1, -0.05) is 12.2 Å². The molecule has 7 rings (SSSR count). The molecule has 4 atom stereocenters. The summed E-state index contributed by atoms with van der Waals surface area (Å²) in [4.78, 5) is 55.7. The van der Waals surface area contributed by atoms with Crippen molar-refractivity contribution < 1.29 is 29.4 Å². The van der Waals surface area contributed by atoms with Crippen molar-refractivity contribution in [3.63, 3.8) is 0 Å². The predicted octanol–water partition coefficient (Wildman–Crippen LogP) is 1.82. The minimum Gasteiger partial charge on any atom is -0.508 e. The number of carbonyl (C=O) groups is 4. The van der Waals surface area contributed by atoms with E-state index in [-0.39, 0.29) is 35.1 Å². The van der Waals surface area contributed by atoms with Gasteiger partial charge >= 0.3 is 0 Å². The maximum absolute atomic E-state index is 13.4. The fraction of sp³-hybridized carbons (Fsp3) is 0.250. The van der Waals surface area contributed by atoms with Crippen LogP contribution >= 0.6 is 0 Å². The molecule has 32 heavy (non-hydrogen) atoms. The van der Waals surface area contributed by atoms with E-state index in [1.807, 2.05) is 12.2 Å². The summed E-state index contributed by atoms with van der Waals surface area (Å²) >= 11 is 0. The molecule has 3 fully saturated rings. The van der Waals surface area contributed by atoms with Crippen LogP contribution in [0.5, 0.6) is 11.5 Å². The minimum atomic E-state index is -0.705. The molecule has 0 radical (unpaired) electrons. The molecule has 3 aliphatic carbocycles. The number of hydrogen-bond donors (Lipinski definition) is 2. The second kappa shape index (κ2) is 6.29. The number of nitrogens with zero attached hydrogens (tertiary/aromatic N) is 2. The minimum absolute atomic E-state index is 0.0204. The first-order chi connectivity index (χ1) is 15.4. The van der Waals surface area contributed by atoms with Crippen molar-refractivity contribution in [3.8, 4) is 11.5 Å². The normalized spacial score (nSPS) is 32.6. The van der Waals surface area contributed by atoms with Crippen LogP contribution in [0.2, 0.25) is 0 Å². The molecule has 0 aromatic heterocycles. The lowest BCUT2D eigenvalue weighted by Gasteiger charge is -2.44. The zero-order chi connectivity index (χ0) is 22.3. The smallest absolute Gasteiger partial charge is 0.238 e. The van der Waals surface area contributed by atoms with Gasteiger partial charge in [-0.05, 0) is 48.5 Å². The number of carbonyl (C=O) groups excluding carboxylic acids is 4. The highest BCUT2D eigenvalue weighted by atomic mass is 16.3. The van der Waals surface area contributed by atoms with Gasteiger partial charge in [0, 0.05) is 11.8 Å². The summed E-state index contributed by atoms with van der Waals surface area (Å²) < 4.78 is 0. The number of benzene rings is 2. The van der Waals surface area contributed by atoms with Crippen LogP contribution in [-0.4, -0.2) is 33.8 Å². The SMILES string of the molecule is O=C1[C@@H]2C3C=CC([C@@H]2C(=O)N1c1ccc(O)cc1)[C@@H]1C(=O)N(c2ccc(O)cc2)C(=O)[C@H]31. The maximum atomic E-state index is 13.4. The van der Waals surface area contributed by atoms with Crippen LogP contribution in [0.3, 0.4) is 0 Å². The summed E-state index contributed by atoms with van der Waals surface area (Å²) in [6.45, 7) is 0. The van der Waals surface area contributed by atoms with Gasteiger partial charge in [0.05, 0.1) is 35.0 Å². The summed E-state index contributed by atoms with van der Waals surface area (Å²) in [7, 11) is 0. The average molecular weight is 430 g/mol. The van der Waals surface area contributed by atoms with Crippen LogP contribution in [0.1, 0.15) is 0 Å². The maximum Gasteiger partial charge on any atom is 0.238 e. The first-order valence-electron chi connectivity index (χ1n) is 10.4. The van der Waals surface area contributed by atoms with Gasteiger partial charge < -0.3 is 10.2 Å². The molecule has 2 saturated heterocycles. The second-order valence-electron chi connectivity index (χ2n) is 8.70. The third-order valence-electron chi connectivity index (χ3n) is 7.23. The standard InChI is InChI=1S/C24H18N2O6/c27-13-5-1-11(2-6-13)25-21(29)17-15-9-10-16(18(17)22(25)30)20-19(15)23(31)26(24(20)32)12-3-7-14(28)8-4-12/h1-10,15-20,27-28H/t15?,16?,17-,18+,19-,20+. The third kappa shape index (κ3) is 2.26. The monoisotopic (exact) mass is 430 g/mol. The number of phenols is 2. The molecular weight excluding hydrogens is 412 g/mol. The largest absolute Gasteiger partial charge is 0.508 e. The number of imide groups is 2. The van der Waals surface area contributed by atoms with Crippen LogP contribution in [-0.2, 0) is 19.2 Å². The lowest BCUT2D eigenvalue weighted by Crippen LogP contribution is -2.50. The lowest BCUT2D eigenvalue weighted by atomic mass is 9.54. The highest BCUT2D eigenvalue weighted by molar-refractivity contribution is 6.26. The molecule has 2 heterocycles. The molecule has 4 amide bonds. The number of rotatable bonds is 2. The van der Waals surface area contributed by atoms with Crippen molar-refractivity contribution >= 4 is 35.0 Å². The Bertz CT molecular complexity index is 1080. The third-order valence-corrected chi connectivity index (χ3v) is 7.23. The quantitative estimate of drug-likeness (QED) is 0.555. The van der Waals surface area contributed by atoms with E-state index in [4.69, 9.17) is 0 Å². The Morgan fingerprint density at radius 3 is 1.06 bits per heavy atom. The lowest BCUT2D eigenvalue weighted by molar-refractivity contribution is -0.137. The first-order valence-corrected chi connectivity index (χ1v) is 10.4. The molecule has 2 aliphatic heterocycles. The Morgan fingerprint density at radius 1 is 0.500 bits per heavy atom. The van der Waals surface area contributed by atoms with Gasteiger partial charge in [0.25, 0.3) is 0 Å². The van der Waals surface area contributed by atoms with Crippen LogP contribution in [0, 0.1) is 35.5 Å². The predicted molar refractivity (Wildman–Crippen MR) is 111 cm³/mol. The Balaban J connectivity index is 1.39. The van der Waals surface area contributed by atoms with E-state index in [1.54, 1.807) is 0 Å². The van der Waals surface area contributed by atoms with Gasteiger partial charge in [-0.15, -0.1) is 0 Å². The number of hydrogen-bond acceptors (Lipinski definition) is 6. The molecule has 160 valence electrons. The van der Waals surface area contributed by atoms with E-state index in [2.05, 4.69) is 0 Å². The number of aromatic hydroxyl groups is 2. The van der Waals surface area contributed by atoms with E-state index in [9.17, 15) is 29.4 Å². The fourth-order valence-corrected chi connectivity index (χ4v) is 5.94. The van der Waals surface area contributed by atoms with Crippen LogP contribution in [0.15, 0.2) is 60.7 Å². The molecule has 1 saturated carbocycles. The first kappa shape index (κ1) is 18.8. The van der Waals surface area contributed by atoms with Gasteiger partial charge in [0.1, 0.15) is 11.5 Å². The molecule has 2 aromatic carbocycles. The topological polar surface area (TPSA) is 115 Å². The van der Waals surface area contributed by atoms with Crippen molar-refractivity contribution in [3.05, 3.63) is 60.7 Å². The van der Waals surface area contributed by atoms with Crippen molar-refractivity contribution in [1.82, 2.24) is 0 Å². The molecule has 0 spiro atoms. The van der Waals surface area contributed by atoms with Crippen molar-refractivity contribution in [2.75, 3.05) is 9.80 Å². The summed E-state index contributed by atoms with van der Waals surface area (Å²) in [6, 6.07) is 11.6. The Kier molecular flexibility index (Phi) is 3.69. The zero-order valence-corrected chi connectivity index (χ0v) is 16.7. The van der Waals surface area contributed by atoms with Gasteiger partial charge in [0.15, 0.2) is 0 Å². The molecular formula is C24H18N2O6. The second-order valence-corrected chi connectivity index (χ2v) is 8.70. The van der Waals surface area contributed by atoms with Gasteiger partial charge in [-0.2, -0.15) is 0 Å². The summed E-state index contributed by atoms with van der Waals surface area (Å²) in [5, 5.41) is 19.1. The van der Waals surface area contributed by atoms with Crippen molar-refractivity contribution in [2.24, 2.45) is 35.5 Å². The van der Waals surface area contributed by atoms with E-state index >= 15 is 0 Å². The van der Waals surface area contributed by atoms with E-state index in [0.29, 0.717) is 11.4 Å². The van der Waals surface area contributed by atoms with Crippen molar-refractivity contribution in [2.45, 2.75) is 0 Å². The fourth-order valence-electron chi connectivity index (χ4n) is 5.94. The highest BCUT2D eigenvalue weighted by Crippen LogP contribution is 2.58. The number of anilines is 2. The summed E-state index contributed by atoms with van der Waals surface area (Å²) in [5.41, 5.74) is 0.722. The Morgan fingerprint density at radius 2 is 0.781 bits per heavy atom. The van der Waals surface area contributed by atoms with Crippen LogP contribution in [0.4, 0.5) is 11.4 Å². The molecule has 2 bridgehead atoms. The van der Waals surface area contributed by atoms with E-state index < -0.39 is 35.5 Å². The van der Waals surface area contributed by atoms with E-state index in [1.165, 1.54) is 48.5 Å². The highest BCUT2D eigenvalue weighted by Gasteiger charge is 2.68. The Hall–Kier alpha value is -3.94. The molecule has 2 N–H and O–H groups in total. The van der Waals surface area contributed by atoms with Gasteiger partial charge in [-0.25, -0.2) is 0 Å². The zero-order valence-electron chi connectivity index (χ0n) is 16.7. The summed E-state index contributed by atoms with van der Waals surface area (Å²) in [6.07, 6.45) is 3.62. The molecule has 5 aliphatic rings. The van der Waals surface area contributed by atoms with E-state index in [0.717, 1.165) is 9.80 Å². The number of allylic oxidation sites excluding steroid dienone is 2. The molecule has 2 aromatic rings. The molecule has 8 nitrogen and oxygen atoms in total. The van der Waals surface area contributed by atoms with Gasteiger partial charge in [-0.3, -0.25) is 29.0 Å². The van der Waals surface area contributed by atoms with Gasteiger partial charge in [0.2, 0.25) is 23.6 Å². The number of phenolic OH excluding ortho intramolecular Hbond substituents is 2. The van der Waals surface area contributed by atoms with Crippen LogP contribution < -0.4 is 9.80 Å². The number of amides is 4. The van der Waals surface area contributed by atoms with Crippen LogP contribution in [0.25, 0.3) is 0 Å². The molecule has 0 unspecified atom stereocenters. The molecule has 8 heteroatoms. The average Bonchev–Trinajstić information content (AvgIpc) is 3.23.